The van der Waals surface area contributed by atoms with Crippen molar-refractivity contribution in [1.29, 1.82) is 0 Å². The number of nitrogens with zero attached hydrogens (tertiary/aromatic N) is 4. The predicted molar refractivity (Wildman–Crippen MR) is 141 cm³/mol. The molecule has 7 nitrogen and oxygen atoms in total. The third kappa shape index (κ3) is 4.06. The highest BCUT2D eigenvalue weighted by atomic mass is 16.5. The van der Waals surface area contributed by atoms with Crippen LogP contribution >= 0.6 is 0 Å². The number of amides is 2. The number of benzene rings is 3. The Balaban J connectivity index is 1.61. The maximum absolute atomic E-state index is 13.9. The van der Waals surface area contributed by atoms with E-state index in [1.165, 1.54) is 10.0 Å². The lowest BCUT2D eigenvalue weighted by Crippen LogP contribution is -2.40. The maximum atomic E-state index is 13.9. The molecule has 2 atom stereocenters. The van der Waals surface area contributed by atoms with Crippen LogP contribution in [0.15, 0.2) is 95.1 Å². The first-order chi connectivity index (χ1) is 17.5. The molecule has 182 valence electrons. The Labute approximate surface area is 210 Å². The van der Waals surface area contributed by atoms with Gasteiger partial charge in [0, 0.05) is 17.3 Å². The monoisotopic (exact) mass is 480 g/mol. The number of carbonyl (C=O) groups is 2. The van der Waals surface area contributed by atoms with Gasteiger partial charge in [-0.2, -0.15) is 10.2 Å². The molecule has 2 unspecified atom stereocenters. The first-order valence-electron chi connectivity index (χ1n) is 12.1. The van der Waals surface area contributed by atoms with E-state index in [0.29, 0.717) is 35.2 Å². The van der Waals surface area contributed by atoms with Crippen molar-refractivity contribution in [1.82, 2.24) is 0 Å². The molecule has 0 aliphatic carbocycles. The van der Waals surface area contributed by atoms with E-state index in [1.54, 1.807) is 0 Å². The number of rotatable bonds is 7. The van der Waals surface area contributed by atoms with Crippen LogP contribution in [0, 0.1) is 11.8 Å². The highest BCUT2D eigenvalue weighted by Crippen LogP contribution is 2.45. The Kier molecular flexibility index (Phi) is 6.38. The van der Waals surface area contributed by atoms with Gasteiger partial charge < -0.3 is 4.74 Å². The van der Waals surface area contributed by atoms with Crippen molar-refractivity contribution >= 4 is 34.6 Å². The second-order valence-electron chi connectivity index (χ2n) is 8.91. The average molecular weight is 481 g/mol. The molecule has 0 saturated heterocycles. The highest BCUT2D eigenvalue weighted by molar-refractivity contribution is 6.19. The lowest BCUT2D eigenvalue weighted by Gasteiger charge is -2.30. The minimum atomic E-state index is -0.651. The van der Waals surface area contributed by atoms with E-state index in [1.807, 2.05) is 106 Å². The Morgan fingerprint density at radius 3 is 1.64 bits per heavy atom. The molecule has 2 heterocycles. The molecule has 3 aromatic rings. The average Bonchev–Trinajstić information content (AvgIpc) is 3.36. The molecule has 2 aliphatic heterocycles. The van der Waals surface area contributed by atoms with Crippen LogP contribution in [0.3, 0.4) is 0 Å². The van der Waals surface area contributed by atoms with E-state index in [-0.39, 0.29) is 11.8 Å². The molecule has 0 aromatic heterocycles. The topological polar surface area (TPSA) is 74.6 Å². The van der Waals surface area contributed by atoms with Crippen molar-refractivity contribution < 1.29 is 14.3 Å². The van der Waals surface area contributed by atoms with Gasteiger partial charge in [0.25, 0.3) is 11.8 Å². The standard InChI is InChI=1S/C29H28N4O3/c1-4-36-24-18-12-11-17-23(24)27(25-19(2)30-32(28(25)34)21-13-7-5-8-14-21)26-20(3)31-33(29(26)35)22-15-9-6-10-16-22/h5-18,25-27H,4H2,1-3H3. The third-order valence-corrected chi connectivity index (χ3v) is 6.66. The van der Waals surface area contributed by atoms with Crippen LogP contribution < -0.4 is 14.8 Å². The molecule has 7 heteroatoms. The van der Waals surface area contributed by atoms with Crippen molar-refractivity contribution in [3.63, 3.8) is 0 Å². The molecule has 2 amide bonds. The summed E-state index contributed by atoms with van der Waals surface area (Å²) in [5.74, 6) is -1.53. The van der Waals surface area contributed by atoms with Crippen molar-refractivity contribution in [3.8, 4) is 5.75 Å². The lowest BCUT2D eigenvalue weighted by molar-refractivity contribution is -0.122. The number of hydrogen-bond donors (Lipinski definition) is 0. The fourth-order valence-electron chi connectivity index (χ4n) is 5.09. The molecule has 0 N–H and O–H groups in total. The summed E-state index contributed by atoms with van der Waals surface area (Å²) in [6, 6.07) is 26.3. The fraction of sp³-hybridized carbons (Fsp3) is 0.241. The van der Waals surface area contributed by atoms with Crippen LogP contribution in [0.4, 0.5) is 11.4 Å². The second kappa shape index (κ2) is 9.77. The molecule has 0 saturated carbocycles. The Morgan fingerprint density at radius 2 is 1.17 bits per heavy atom. The van der Waals surface area contributed by atoms with Gasteiger partial charge in [-0.15, -0.1) is 0 Å². The van der Waals surface area contributed by atoms with E-state index in [2.05, 4.69) is 10.2 Å². The van der Waals surface area contributed by atoms with Gasteiger partial charge in [-0.3, -0.25) is 9.59 Å². The molecule has 0 fully saturated rings. The largest absolute Gasteiger partial charge is 0.494 e. The van der Waals surface area contributed by atoms with Crippen LogP contribution in [0.25, 0.3) is 0 Å². The molecule has 5 rings (SSSR count). The predicted octanol–water partition coefficient (Wildman–Crippen LogP) is 5.25. The zero-order valence-electron chi connectivity index (χ0n) is 20.5. The van der Waals surface area contributed by atoms with Gasteiger partial charge in [0.2, 0.25) is 0 Å². The second-order valence-corrected chi connectivity index (χ2v) is 8.91. The smallest absolute Gasteiger partial charge is 0.256 e. The third-order valence-electron chi connectivity index (χ3n) is 6.66. The van der Waals surface area contributed by atoms with Crippen molar-refractivity contribution in [2.24, 2.45) is 22.0 Å². The Hall–Kier alpha value is -4.26. The first-order valence-corrected chi connectivity index (χ1v) is 12.1. The van der Waals surface area contributed by atoms with Gasteiger partial charge in [-0.25, -0.2) is 10.0 Å². The normalized spacial score (nSPS) is 20.4. The Bertz CT molecular complexity index is 1260. The number of hydrogen-bond acceptors (Lipinski definition) is 5. The van der Waals surface area contributed by atoms with Crippen LogP contribution in [-0.4, -0.2) is 29.8 Å². The van der Waals surface area contributed by atoms with Crippen LogP contribution in [-0.2, 0) is 9.59 Å². The van der Waals surface area contributed by atoms with E-state index >= 15 is 0 Å². The van der Waals surface area contributed by atoms with E-state index in [0.717, 1.165) is 5.56 Å². The van der Waals surface area contributed by atoms with Crippen LogP contribution in [0.2, 0.25) is 0 Å². The number of para-hydroxylation sites is 3. The molecule has 0 radical (unpaired) electrons. The minimum Gasteiger partial charge on any atom is -0.494 e. The summed E-state index contributed by atoms with van der Waals surface area (Å²) in [5.41, 5.74) is 3.48. The molecular weight excluding hydrogens is 452 g/mol. The number of ether oxygens (including phenoxy) is 1. The summed E-state index contributed by atoms with van der Waals surface area (Å²) < 4.78 is 5.97. The van der Waals surface area contributed by atoms with Gasteiger partial charge in [0.05, 0.1) is 29.8 Å². The van der Waals surface area contributed by atoms with Crippen molar-refractivity contribution in [3.05, 3.63) is 90.5 Å². The van der Waals surface area contributed by atoms with E-state index in [9.17, 15) is 9.59 Å². The van der Waals surface area contributed by atoms with Gasteiger partial charge in [-0.05, 0) is 56.7 Å². The zero-order valence-corrected chi connectivity index (χ0v) is 20.5. The summed E-state index contributed by atoms with van der Waals surface area (Å²) in [6.45, 7) is 6.08. The quantitative estimate of drug-likeness (QED) is 0.464. The molecule has 0 bridgehead atoms. The number of hydrazone groups is 2. The highest BCUT2D eigenvalue weighted by Gasteiger charge is 2.50. The summed E-state index contributed by atoms with van der Waals surface area (Å²) in [5, 5.41) is 12.2. The Morgan fingerprint density at radius 1 is 0.722 bits per heavy atom. The molecule has 36 heavy (non-hydrogen) atoms. The van der Waals surface area contributed by atoms with Crippen molar-refractivity contribution in [2.75, 3.05) is 16.6 Å². The summed E-state index contributed by atoms with van der Waals surface area (Å²) in [6.07, 6.45) is 0. The van der Waals surface area contributed by atoms with E-state index < -0.39 is 17.8 Å². The van der Waals surface area contributed by atoms with E-state index in [4.69, 9.17) is 4.74 Å². The van der Waals surface area contributed by atoms with Gasteiger partial charge in [0.1, 0.15) is 5.75 Å². The summed E-state index contributed by atoms with van der Waals surface area (Å²) in [7, 11) is 0. The first kappa shape index (κ1) is 23.5. The zero-order chi connectivity index (χ0) is 25.2. The maximum Gasteiger partial charge on any atom is 0.256 e. The van der Waals surface area contributed by atoms with Gasteiger partial charge in [0.15, 0.2) is 0 Å². The lowest BCUT2D eigenvalue weighted by atomic mass is 9.72. The van der Waals surface area contributed by atoms with Gasteiger partial charge in [-0.1, -0.05) is 54.6 Å². The SMILES string of the molecule is CCOc1ccccc1C(C1C(=O)N(c2ccccc2)N=C1C)C1C(=O)N(c2ccccc2)N=C1C. The molecule has 0 spiro atoms. The minimum absolute atomic E-state index is 0.172. The number of anilines is 2. The van der Waals surface area contributed by atoms with Gasteiger partial charge >= 0.3 is 0 Å². The fourth-order valence-corrected chi connectivity index (χ4v) is 5.09. The molecule has 2 aliphatic rings. The van der Waals surface area contributed by atoms with Crippen molar-refractivity contribution in [2.45, 2.75) is 26.7 Å². The van der Waals surface area contributed by atoms with Crippen LogP contribution in [0.5, 0.6) is 5.75 Å². The molecule has 3 aromatic carbocycles. The summed E-state index contributed by atoms with van der Waals surface area (Å²) in [4.78, 5) is 27.9. The summed E-state index contributed by atoms with van der Waals surface area (Å²) >= 11 is 0. The van der Waals surface area contributed by atoms with Crippen LogP contribution in [0.1, 0.15) is 32.3 Å². The molecular formula is C29H28N4O3. The number of carbonyl (C=O) groups excluding carboxylic acids is 2.